The molecule has 32 heavy (non-hydrogen) atoms. The number of nitrogens with one attached hydrogen (secondary N) is 1. The average molecular weight is 458 g/mol. The Morgan fingerprint density at radius 2 is 1.62 bits per heavy atom. The van der Waals surface area contributed by atoms with Crippen molar-refractivity contribution in [2.45, 2.75) is 25.9 Å². The number of nitrogens with zero attached hydrogens (tertiary/aromatic N) is 1. The molecule has 0 radical (unpaired) electrons. The minimum Gasteiger partial charge on any atom is -0.478 e. The highest BCUT2D eigenvalue weighted by Gasteiger charge is 2.38. The summed E-state index contributed by atoms with van der Waals surface area (Å²) >= 11 is 0. The lowest BCUT2D eigenvalue weighted by Gasteiger charge is -2.20. The summed E-state index contributed by atoms with van der Waals surface area (Å²) in [6, 6.07) is 10.3. The van der Waals surface area contributed by atoms with E-state index in [1.165, 1.54) is 30.3 Å². The van der Waals surface area contributed by atoms with Crippen LogP contribution in [0.1, 0.15) is 40.5 Å². The quantitative estimate of drug-likeness (QED) is 0.522. The van der Waals surface area contributed by atoms with E-state index in [9.17, 15) is 32.3 Å². The van der Waals surface area contributed by atoms with E-state index in [1.807, 2.05) is 11.9 Å². The maximum absolute atomic E-state index is 13.7. The maximum atomic E-state index is 13.7. The molecule has 0 aliphatic rings. The second-order valence-corrected chi connectivity index (χ2v) is 6.55. The van der Waals surface area contributed by atoms with Gasteiger partial charge < -0.3 is 20.4 Å². The largest absolute Gasteiger partial charge is 0.490 e. The summed E-state index contributed by atoms with van der Waals surface area (Å²) in [4.78, 5) is 34.6. The third-order valence-corrected chi connectivity index (χ3v) is 4.13. The number of aliphatic carboxylic acids is 1. The van der Waals surface area contributed by atoms with Gasteiger partial charge in [0, 0.05) is 19.3 Å². The van der Waals surface area contributed by atoms with Gasteiger partial charge in [-0.2, -0.15) is 13.2 Å². The first kappa shape index (κ1) is 26.4. The highest BCUT2D eigenvalue weighted by Crippen LogP contribution is 2.24. The lowest BCUT2D eigenvalue weighted by Crippen LogP contribution is -2.21. The number of hydrogen-bond acceptors (Lipinski definition) is 4. The van der Waals surface area contributed by atoms with Crippen LogP contribution in [0.3, 0.4) is 0 Å². The van der Waals surface area contributed by atoms with Crippen LogP contribution >= 0.6 is 0 Å². The van der Waals surface area contributed by atoms with Crippen LogP contribution in [0.2, 0.25) is 0 Å². The van der Waals surface area contributed by atoms with E-state index in [-0.39, 0.29) is 16.8 Å². The van der Waals surface area contributed by atoms with Crippen LogP contribution < -0.4 is 10.2 Å². The van der Waals surface area contributed by atoms with E-state index in [0.29, 0.717) is 0 Å². The molecule has 1 amide bonds. The zero-order chi connectivity index (χ0) is 24.5. The van der Waals surface area contributed by atoms with Gasteiger partial charge in [-0.05, 0) is 36.8 Å². The van der Waals surface area contributed by atoms with Crippen molar-refractivity contribution in [1.29, 1.82) is 0 Å². The van der Waals surface area contributed by atoms with Gasteiger partial charge in [-0.3, -0.25) is 4.79 Å². The Morgan fingerprint density at radius 1 is 1.03 bits per heavy atom. The van der Waals surface area contributed by atoms with E-state index in [1.54, 1.807) is 12.1 Å². The standard InChI is InChI=1S/C19H21FN2O3.C2HF3O2/c1-3-4-11-22(2)13-9-10-17(15(12-13)19(24)25)21-18(23)14-7-5-6-8-16(14)20;3-2(4,5)1(6)7/h5-10,12H,3-4,11H2,1-2H3,(H,21,23)(H,24,25);(H,6,7). The number of carboxylic acid groups (broad SMARTS) is 2. The van der Waals surface area contributed by atoms with Crippen molar-refractivity contribution in [3.8, 4) is 0 Å². The molecule has 0 unspecified atom stereocenters. The minimum atomic E-state index is -5.08. The van der Waals surface area contributed by atoms with E-state index in [4.69, 9.17) is 9.90 Å². The Balaban J connectivity index is 0.000000633. The molecule has 0 bridgehead atoms. The van der Waals surface area contributed by atoms with Gasteiger partial charge in [-0.1, -0.05) is 25.5 Å². The van der Waals surface area contributed by atoms with Crippen LogP contribution in [-0.4, -0.2) is 47.8 Å². The molecular formula is C21H22F4N2O5. The highest BCUT2D eigenvalue weighted by atomic mass is 19.4. The summed E-state index contributed by atoms with van der Waals surface area (Å²) in [5.41, 5.74) is 0.705. The number of halogens is 4. The molecule has 0 saturated carbocycles. The van der Waals surface area contributed by atoms with Crippen molar-refractivity contribution >= 4 is 29.2 Å². The van der Waals surface area contributed by atoms with Gasteiger partial charge >= 0.3 is 18.1 Å². The number of anilines is 2. The minimum absolute atomic E-state index is 0.0365. The predicted octanol–water partition coefficient (Wildman–Crippen LogP) is 4.65. The van der Waals surface area contributed by atoms with Crippen molar-refractivity contribution < 1.29 is 42.2 Å². The van der Waals surface area contributed by atoms with Crippen molar-refractivity contribution in [2.24, 2.45) is 0 Å². The molecule has 0 saturated heterocycles. The molecule has 0 aromatic heterocycles. The Kier molecular flexibility index (Phi) is 9.64. The first-order valence-corrected chi connectivity index (χ1v) is 9.33. The van der Waals surface area contributed by atoms with Gasteiger partial charge in [0.1, 0.15) is 5.82 Å². The fraction of sp³-hybridized carbons (Fsp3) is 0.286. The van der Waals surface area contributed by atoms with Gasteiger partial charge in [-0.25, -0.2) is 14.0 Å². The van der Waals surface area contributed by atoms with E-state index in [2.05, 4.69) is 12.2 Å². The SMILES string of the molecule is CCCCN(C)c1ccc(NC(=O)c2ccccc2F)c(C(=O)O)c1.O=C(O)C(F)(F)F. The molecule has 0 aliphatic carbocycles. The zero-order valence-electron chi connectivity index (χ0n) is 17.2. The number of alkyl halides is 3. The average Bonchev–Trinajstić information content (AvgIpc) is 2.72. The summed E-state index contributed by atoms with van der Waals surface area (Å²) in [6.07, 6.45) is -3.06. The van der Waals surface area contributed by atoms with Gasteiger partial charge in [-0.15, -0.1) is 0 Å². The Labute approximate surface area is 181 Å². The van der Waals surface area contributed by atoms with Crippen LogP contribution in [0.5, 0.6) is 0 Å². The summed E-state index contributed by atoms with van der Waals surface area (Å²) < 4.78 is 45.4. The van der Waals surface area contributed by atoms with Crippen LogP contribution in [0.4, 0.5) is 28.9 Å². The van der Waals surface area contributed by atoms with E-state index < -0.39 is 29.8 Å². The molecule has 2 aromatic rings. The molecule has 2 rings (SSSR count). The predicted molar refractivity (Wildman–Crippen MR) is 110 cm³/mol. The molecule has 0 heterocycles. The van der Waals surface area contributed by atoms with Crippen LogP contribution in [0.15, 0.2) is 42.5 Å². The summed E-state index contributed by atoms with van der Waals surface area (Å²) in [5.74, 6) is -5.26. The number of carbonyl (C=O) groups excluding carboxylic acids is 1. The summed E-state index contributed by atoms with van der Waals surface area (Å²) in [5, 5.41) is 19.0. The van der Waals surface area contributed by atoms with Crippen molar-refractivity contribution in [3.63, 3.8) is 0 Å². The number of aromatic carboxylic acids is 1. The lowest BCUT2D eigenvalue weighted by molar-refractivity contribution is -0.192. The fourth-order valence-electron chi connectivity index (χ4n) is 2.41. The topological polar surface area (TPSA) is 107 Å². The second kappa shape index (κ2) is 11.7. The number of carboxylic acids is 2. The molecule has 3 N–H and O–H groups in total. The molecule has 0 fully saturated rings. The lowest BCUT2D eigenvalue weighted by atomic mass is 10.1. The van der Waals surface area contributed by atoms with Gasteiger partial charge in [0.15, 0.2) is 0 Å². The van der Waals surface area contributed by atoms with Crippen LogP contribution in [0.25, 0.3) is 0 Å². The van der Waals surface area contributed by atoms with E-state index >= 15 is 0 Å². The number of rotatable bonds is 7. The molecule has 174 valence electrons. The molecular weight excluding hydrogens is 436 g/mol. The number of benzene rings is 2. The van der Waals surface area contributed by atoms with Gasteiger partial charge in [0.05, 0.1) is 16.8 Å². The number of unbranched alkanes of at least 4 members (excludes halogenated alkanes) is 1. The summed E-state index contributed by atoms with van der Waals surface area (Å²) in [7, 11) is 1.88. The highest BCUT2D eigenvalue weighted by molar-refractivity contribution is 6.08. The van der Waals surface area contributed by atoms with E-state index in [0.717, 1.165) is 25.1 Å². The third-order valence-electron chi connectivity index (χ3n) is 4.13. The number of amides is 1. The maximum Gasteiger partial charge on any atom is 0.490 e. The van der Waals surface area contributed by atoms with Crippen LogP contribution in [-0.2, 0) is 4.79 Å². The smallest absolute Gasteiger partial charge is 0.478 e. The Bertz CT molecular complexity index is 963. The van der Waals surface area contributed by atoms with Crippen molar-refractivity contribution in [1.82, 2.24) is 0 Å². The molecule has 7 nitrogen and oxygen atoms in total. The fourth-order valence-corrected chi connectivity index (χ4v) is 2.41. The molecule has 11 heteroatoms. The molecule has 0 spiro atoms. The first-order valence-electron chi connectivity index (χ1n) is 9.33. The van der Waals surface area contributed by atoms with Gasteiger partial charge in [0.25, 0.3) is 5.91 Å². The monoisotopic (exact) mass is 458 g/mol. The second-order valence-electron chi connectivity index (χ2n) is 6.55. The normalized spacial score (nSPS) is 10.6. The molecule has 2 aromatic carbocycles. The third kappa shape index (κ3) is 7.89. The van der Waals surface area contributed by atoms with Crippen molar-refractivity contribution in [3.05, 3.63) is 59.4 Å². The molecule has 0 aliphatic heterocycles. The zero-order valence-corrected chi connectivity index (χ0v) is 17.2. The first-order chi connectivity index (χ1) is 14.9. The number of carbonyl (C=O) groups is 3. The molecule has 0 atom stereocenters. The summed E-state index contributed by atoms with van der Waals surface area (Å²) in [6.45, 7) is 2.88. The Morgan fingerprint density at radius 3 is 2.12 bits per heavy atom. The van der Waals surface area contributed by atoms with Gasteiger partial charge in [0.2, 0.25) is 0 Å². The number of hydrogen-bond donors (Lipinski definition) is 3. The van der Waals surface area contributed by atoms with Crippen LogP contribution in [0, 0.1) is 5.82 Å². The Hall–Kier alpha value is -3.63. The van der Waals surface area contributed by atoms with Crippen molar-refractivity contribution in [2.75, 3.05) is 23.8 Å².